The van der Waals surface area contributed by atoms with Gasteiger partial charge < -0.3 is 4.90 Å². The largest absolute Gasteiger partial charge is 0.338 e. The van der Waals surface area contributed by atoms with E-state index in [0.717, 1.165) is 41.5 Å². The van der Waals surface area contributed by atoms with E-state index >= 15 is 0 Å². The summed E-state index contributed by atoms with van der Waals surface area (Å²) in [6.07, 6.45) is 6.98. The second-order valence-electron chi connectivity index (χ2n) is 7.27. The van der Waals surface area contributed by atoms with E-state index in [4.69, 9.17) is 9.97 Å². The predicted octanol–water partition coefficient (Wildman–Crippen LogP) is 3.58. The normalized spacial score (nSPS) is 17.0. The molecule has 1 aliphatic heterocycles. The highest BCUT2D eigenvalue weighted by atomic mass is 32.1. The number of hydrogen-bond donors (Lipinski definition) is 0. The first-order valence-electron chi connectivity index (χ1n) is 9.66. The lowest BCUT2D eigenvalue weighted by Crippen LogP contribution is -2.39. The van der Waals surface area contributed by atoms with E-state index in [1.165, 1.54) is 0 Å². The van der Waals surface area contributed by atoms with Crippen molar-refractivity contribution in [1.29, 1.82) is 0 Å². The third kappa shape index (κ3) is 3.40. The second-order valence-corrected chi connectivity index (χ2v) is 8.21. The van der Waals surface area contributed by atoms with E-state index in [2.05, 4.69) is 21.5 Å². The molecular formula is C21H20N6OS. The van der Waals surface area contributed by atoms with E-state index in [-0.39, 0.29) is 11.8 Å². The molecule has 4 aromatic rings. The lowest BCUT2D eigenvalue weighted by molar-refractivity contribution is 0.0706. The van der Waals surface area contributed by atoms with Gasteiger partial charge in [0.2, 0.25) is 0 Å². The third-order valence-electron chi connectivity index (χ3n) is 5.23. The average Bonchev–Trinajstić information content (AvgIpc) is 3.43. The predicted molar refractivity (Wildman–Crippen MR) is 111 cm³/mol. The zero-order valence-corrected chi connectivity index (χ0v) is 16.8. The quantitative estimate of drug-likeness (QED) is 0.522. The van der Waals surface area contributed by atoms with Gasteiger partial charge in [0.25, 0.3) is 5.91 Å². The Morgan fingerprint density at radius 3 is 3.07 bits per heavy atom. The Kier molecular flexibility index (Phi) is 4.55. The van der Waals surface area contributed by atoms with E-state index in [0.29, 0.717) is 17.8 Å². The van der Waals surface area contributed by atoms with E-state index in [1.54, 1.807) is 40.5 Å². The first-order chi connectivity index (χ1) is 14.2. The lowest BCUT2D eigenvalue weighted by Gasteiger charge is -2.32. The highest BCUT2D eigenvalue weighted by Crippen LogP contribution is 2.29. The number of nitrogens with zero attached hydrogens (tertiary/aromatic N) is 6. The van der Waals surface area contributed by atoms with Gasteiger partial charge in [-0.25, -0.2) is 19.5 Å². The molecule has 0 radical (unpaired) electrons. The first-order valence-corrected chi connectivity index (χ1v) is 10.5. The molecule has 0 spiro atoms. The van der Waals surface area contributed by atoms with Crippen molar-refractivity contribution in [3.63, 3.8) is 0 Å². The first kappa shape index (κ1) is 17.9. The minimum Gasteiger partial charge on any atom is -0.338 e. The molecule has 1 amide bonds. The summed E-state index contributed by atoms with van der Waals surface area (Å²) in [7, 11) is 0. The number of aromatic nitrogens is 5. The minimum atomic E-state index is -0.0328. The van der Waals surface area contributed by atoms with Gasteiger partial charge in [0, 0.05) is 37.1 Å². The molecule has 4 aromatic heterocycles. The van der Waals surface area contributed by atoms with Crippen LogP contribution in [-0.2, 0) is 0 Å². The molecular weight excluding hydrogens is 384 g/mol. The number of aryl methyl sites for hydroxylation is 1. The smallest absolute Gasteiger partial charge is 0.259 e. The molecule has 0 saturated carbocycles. The summed E-state index contributed by atoms with van der Waals surface area (Å²) in [6.45, 7) is 3.33. The van der Waals surface area contributed by atoms with E-state index < -0.39 is 0 Å². The maximum Gasteiger partial charge on any atom is 0.259 e. The van der Waals surface area contributed by atoms with Gasteiger partial charge >= 0.3 is 0 Å². The van der Waals surface area contributed by atoms with Gasteiger partial charge in [0.1, 0.15) is 11.4 Å². The molecule has 7 nitrogen and oxygen atoms in total. The molecule has 29 heavy (non-hydrogen) atoms. The Bertz CT molecular complexity index is 1170. The maximum atomic E-state index is 13.2. The molecule has 1 aliphatic rings. The van der Waals surface area contributed by atoms with Crippen molar-refractivity contribution in [1.82, 2.24) is 29.5 Å². The zero-order chi connectivity index (χ0) is 19.8. The Balaban J connectivity index is 1.42. The topological polar surface area (TPSA) is 76.3 Å². The van der Waals surface area contributed by atoms with Gasteiger partial charge in [0.15, 0.2) is 5.65 Å². The van der Waals surface area contributed by atoms with Crippen LogP contribution in [0, 0.1) is 6.92 Å². The number of thiophene rings is 1. The molecule has 0 aromatic carbocycles. The summed E-state index contributed by atoms with van der Waals surface area (Å²) >= 11 is 1.67. The summed E-state index contributed by atoms with van der Waals surface area (Å²) in [5.41, 5.74) is 3.04. The third-order valence-corrected chi connectivity index (χ3v) is 6.12. The molecule has 0 aliphatic carbocycles. The molecule has 1 saturated heterocycles. The fourth-order valence-electron chi connectivity index (χ4n) is 3.85. The van der Waals surface area contributed by atoms with Gasteiger partial charge in [0.05, 0.1) is 16.8 Å². The molecule has 5 rings (SSSR count). The van der Waals surface area contributed by atoms with Crippen LogP contribution in [0.2, 0.25) is 0 Å². The van der Waals surface area contributed by atoms with Crippen molar-refractivity contribution in [3.05, 3.63) is 65.3 Å². The molecule has 0 N–H and O–H groups in total. The number of piperidine rings is 1. The number of carbonyl (C=O) groups excluding carboxylic acids is 1. The van der Waals surface area contributed by atoms with Crippen LogP contribution in [0.3, 0.4) is 0 Å². The van der Waals surface area contributed by atoms with Gasteiger partial charge in [-0.1, -0.05) is 6.07 Å². The number of likely N-dealkylation sites (tertiary alicyclic amines) is 1. The van der Waals surface area contributed by atoms with Crippen molar-refractivity contribution < 1.29 is 4.79 Å². The molecule has 1 unspecified atom stereocenters. The average molecular weight is 404 g/mol. The summed E-state index contributed by atoms with van der Waals surface area (Å²) in [6, 6.07) is 7.92. The molecule has 1 fully saturated rings. The minimum absolute atomic E-state index is 0.0328. The number of rotatable bonds is 3. The van der Waals surface area contributed by atoms with Crippen LogP contribution in [-0.4, -0.2) is 48.5 Å². The number of carbonyl (C=O) groups is 1. The van der Waals surface area contributed by atoms with Gasteiger partial charge in [-0.2, -0.15) is 5.10 Å². The molecule has 8 heteroatoms. The monoisotopic (exact) mass is 404 g/mol. The second kappa shape index (κ2) is 7.36. The summed E-state index contributed by atoms with van der Waals surface area (Å²) in [5.74, 6) is 0.916. The van der Waals surface area contributed by atoms with Crippen molar-refractivity contribution in [2.45, 2.75) is 25.7 Å². The van der Waals surface area contributed by atoms with Gasteiger partial charge in [-0.15, -0.1) is 11.3 Å². The van der Waals surface area contributed by atoms with Crippen molar-refractivity contribution in [2.24, 2.45) is 0 Å². The van der Waals surface area contributed by atoms with Crippen LogP contribution < -0.4 is 0 Å². The summed E-state index contributed by atoms with van der Waals surface area (Å²) in [4.78, 5) is 30.0. The van der Waals surface area contributed by atoms with Crippen molar-refractivity contribution in [2.75, 3.05) is 13.1 Å². The van der Waals surface area contributed by atoms with Crippen LogP contribution in [0.25, 0.3) is 16.2 Å². The van der Waals surface area contributed by atoms with E-state index in [9.17, 15) is 4.79 Å². The van der Waals surface area contributed by atoms with Crippen LogP contribution in [0.4, 0.5) is 0 Å². The van der Waals surface area contributed by atoms with Crippen molar-refractivity contribution in [3.8, 4) is 10.6 Å². The molecule has 1 atom stereocenters. The Morgan fingerprint density at radius 2 is 2.21 bits per heavy atom. The van der Waals surface area contributed by atoms with Crippen LogP contribution in [0.1, 0.15) is 40.6 Å². The molecule has 146 valence electrons. The summed E-state index contributed by atoms with van der Waals surface area (Å²) < 4.78 is 1.63. The SMILES string of the molecule is Cc1cc(-c2cccs2)nc(C2CCCN(C(=O)c3cnn4cccnc34)C2)n1. The molecule has 0 bridgehead atoms. The van der Waals surface area contributed by atoms with Crippen molar-refractivity contribution >= 4 is 22.9 Å². The van der Waals surface area contributed by atoms with Crippen LogP contribution >= 0.6 is 11.3 Å². The highest BCUT2D eigenvalue weighted by Gasteiger charge is 2.29. The van der Waals surface area contributed by atoms with Gasteiger partial charge in [-0.3, -0.25) is 4.79 Å². The van der Waals surface area contributed by atoms with E-state index in [1.807, 2.05) is 24.0 Å². The lowest BCUT2D eigenvalue weighted by atomic mass is 9.96. The Hall–Kier alpha value is -3.13. The highest BCUT2D eigenvalue weighted by molar-refractivity contribution is 7.13. The number of fused-ring (bicyclic) bond motifs is 1. The maximum absolute atomic E-state index is 13.2. The van der Waals surface area contributed by atoms with Gasteiger partial charge in [-0.05, 0) is 43.3 Å². The Labute approximate surface area is 172 Å². The Morgan fingerprint density at radius 1 is 1.28 bits per heavy atom. The number of amides is 1. The number of hydrogen-bond acceptors (Lipinski definition) is 6. The zero-order valence-electron chi connectivity index (χ0n) is 16.0. The fourth-order valence-corrected chi connectivity index (χ4v) is 4.53. The fraction of sp³-hybridized carbons (Fsp3) is 0.286. The molecule has 5 heterocycles. The summed E-state index contributed by atoms with van der Waals surface area (Å²) in [5, 5.41) is 6.30. The standard InChI is InChI=1S/C21H20N6OS/c1-14-11-17(18-6-3-10-29-18)25-19(24-14)15-5-2-8-26(13-15)21(28)16-12-23-27-9-4-7-22-20(16)27/h3-4,6-7,9-12,15H,2,5,8,13H2,1H3. The van der Waals surface area contributed by atoms with Crippen LogP contribution in [0.15, 0.2) is 48.2 Å². The van der Waals surface area contributed by atoms with Crippen LogP contribution in [0.5, 0.6) is 0 Å².